The van der Waals surface area contributed by atoms with Gasteiger partial charge >= 0.3 is 12.0 Å². The molecule has 0 aromatic heterocycles. The van der Waals surface area contributed by atoms with Gasteiger partial charge in [-0.1, -0.05) is 35.9 Å². The van der Waals surface area contributed by atoms with E-state index in [9.17, 15) is 14.4 Å². The summed E-state index contributed by atoms with van der Waals surface area (Å²) < 4.78 is 5.20. The predicted molar refractivity (Wildman–Crippen MR) is 112 cm³/mol. The molecule has 2 aliphatic heterocycles. The molecule has 0 spiro atoms. The minimum atomic E-state index is -0.595. The van der Waals surface area contributed by atoms with Crippen molar-refractivity contribution in [2.75, 3.05) is 18.5 Å². The second-order valence-corrected chi connectivity index (χ2v) is 7.66. The Morgan fingerprint density at radius 3 is 2.53 bits per heavy atom. The minimum Gasteiger partial charge on any atom is -0.456 e. The summed E-state index contributed by atoms with van der Waals surface area (Å²) in [5.41, 5.74) is 5.52. The number of carbonyl (C=O) groups is 3. The lowest BCUT2D eigenvalue weighted by molar-refractivity contribution is -0.136. The SMILES string of the molecule is Cc1ccc(C2NC(=O)N(CC(=O)Nc3ccc(C)c(C)c3)C3=C2C(=O)OC3)cc1. The van der Waals surface area contributed by atoms with E-state index in [1.165, 1.54) is 4.90 Å². The molecule has 3 amide bonds. The summed E-state index contributed by atoms with van der Waals surface area (Å²) in [5.74, 6) is -0.830. The maximum Gasteiger partial charge on any atom is 0.338 e. The molecule has 0 fully saturated rings. The molecule has 0 bridgehead atoms. The smallest absolute Gasteiger partial charge is 0.338 e. The van der Waals surface area contributed by atoms with Gasteiger partial charge in [-0.25, -0.2) is 9.59 Å². The predicted octanol–water partition coefficient (Wildman–Crippen LogP) is 3.13. The molecule has 4 rings (SSSR count). The molecule has 2 N–H and O–H groups in total. The van der Waals surface area contributed by atoms with Crippen LogP contribution in [-0.4, -0.2) is 36.0 Å². The van der Waals surface area contributed by atoms with Crippen LogP contribution < -0.4 is 10.6 Å². The van der Waals surface area contributed by atoms with Crippen LogP contribution >= 0.6 is 0 Å². The van der Waals surface area contributed by atoms with Crippen LogP contribution in [0.1, 0.15) is 28.3 Å². The standard InChI is InChI=1S/C23H23N3O4/c1-13-4-7-16(8-5-13)21-20-18(12-30-22(20)28)26(23(29)25-21)11-19(27)24-17-9-6-14(2)15(3)10-17/h4-10,21H,11-12H2,1-3H3,(H,24,27)(H,25,29). The van der Waals surface area contributed by atoms with Crippen LogP contribution in [0.5, 0.6) is 0 Å². The first-order valence-corrected chi connectivity index (χ1v) is 9.75. The number of esters is 1. The molecule has 2 aromatic rings. The fourth-order valence-corrected chi connectivity index (χ4v) is 3.65. The Hall–Kier alpha value is -3.61. The van der Waals surface area contributed by atoms with Crippen molar-refractivity contribution in [1.29, 1.82) is 0 Å². The van der Waals surface area contributed by atoms with Crippen molar-refractivity contribution < 1.29 is 19.1 Å². The van der Waals surface area contributed by atoms with E-state index in [1.807, 2.05) is 63.2 Å². The average Bonchev–Trinajstić information content (AvgIpc) is 3.09. The van der Waals surface area contributed by atoms with Crippen molar-refractivity contribution in [3.8, 4) is 0 Å². The highest BCUT2D eigenvalue weighted by atomic mass is 16.5. The first kappa shape index (κ1) is 19.7. The number of nitrogens with zero attached hydrogens (tertiary/aromatic N) is 1. The van der Waals surface area contributed by atoms with Crippen LogP contribution in [0, 0.1) is 20.8 Å². The molecule has 7 heteroatoms. The fraction of sp³-hybridized carbons (Fsp3) is 0.261. The molecule has 1 unspecified atom stereocenters. The zero-order valence-corrected chi connectivity index (χ0v) is 17.1. The molecule has 0 radical (unpaired) electrons. The van der Waals surface area contributed by atoms with E-state index >= 15 is 0 Å². The maximum absolute atomic E-state index is 12.8. The number of aryl methyl sites for hydroxylation is 3. The van der Waals surface area contributed by atoms with Crippen LogP contribution in [0.25, 0.3) is 0 Å². The fourth-order valence-electron chi connectivity index (χ4n) is 3.65. The van der Waals surface area contributed by atoms with E-state index < -0.39 is 18.0 Å². The van der Waals surface area contributed by atoms with Crippen molar-refractivity contribution in [2.45, 2.75) is 26.8 Å². The normalized spacial score (nSPS) is 18.1. The molecule has 2 aliphatic rings. The van der Waals surface area contributed by atoms with Crippen LogP contribution in [0.2, 0.25) is 0 Å². The van der Waals surface area contributed by atoms with Crippen molar-refractivity contribution in [3.63, 3.8) is 0 Å². The molecule has 2 heterocycles. The zero-order valence-electron chi connectivity index (χ0n) is 17.1. The number of rotatable bonds is 4. The molecular formula is C23H23N3O4. The molecule has 0 saturated heterocycles. The molecule has 154 valence electrons. The Kier molecular flexibility index (Phi) is 5.03. The highest BCUT2D eigenvalue weighted by Crippen LogP contribution is 2.35. The first-order chi connectivity index (χ1) is 14.3. The summed E-state index contributed by atoms with van der Waals surface area (Å²) in [7, 11) is 0. The summed E-state index contributed by atoms with van der Waals surface area (Å²) in [6.07, 6.45) is 0. The van der Waals surface area contributed by atoms with Crippen LogP contribution in [0.4, 0.5) is 10.5 Å². The van der Waals surface area contributed by atoms with Gasteiger partial charge in [0, 0.05) is 5.69 Å². The zero-order chi connectivity index (χ0) is 21.4. The largest absolute Gasteiger partial charge is 0.456 e. The number of nitrogens with one attached hydrogen (secondary N) is 2. The molecule has 7 nitrogen and oxygen atoms in total. The van der Waals surface area contributed by atoms with Gasteiger partial charge in [0.15, 0.2) is 0 Å². The molecular weight excluding hydrogens is 382 g/mol. The highest BCUT2D eigenvalue weighted by Gasteiger charge is 2.42. The lowest BCUT2D eigenvalue weighted by Gasteiger charge is -2.32. The highest BCUT2D eigenvalue weighted by molar-refractivity contribution is 6.00. The second-order valence-electron chi connectivity index (χ2n) is 7.66. The quantitative estimate of drug-likeness (QED) is 0.765. The van der Waals surface area contributed by atoms with Crippen molar-refractivity contribution in [3.05, 3.63) is 76.0 Å². The van der Waals surface area contributed by atoms with Crippen LogP contribution in [-0.2, 0) is 14.3 Å². The number of urea groups is 1. The van der Waals surface area contributed by atoms with Crippen LogP contribution in [0.3, 0.4) is 0 Å². The lowest BCUT2D eigenvalue weighted by atomic mass is 9.95. The summed E-state index contributed by atoms with van der Waals surface area (Å²) >= 11 is 0. The van der Waals surface area contributed by atoms with E-state index in [0.717, 1.165) is 22.3 Å². The van der Waals surface area contributed by atoms with Crippen molar-refractivity contribution in [2.24, 2.45) is 0 Å². The molecule has 30 heavy (non-hydrogen) atoms. The molecule has 1 atom stereocenters. The summed E-state index contributed by atoms with van der Waals surface area (Å²) in [6.45, 7) is 5.69. The Balaban J connectivity index is 1.58. The third-order valence-electron chi connectivity index (χ3n) is 5.50. The van der Waals surface area contributed by atoms with E-state index in [-0.39, 0.29) is 19.1 Å². The number of carbonyl (C=O) groups excluding carboxylic acids is 3. The topological polar surface area (TPSA) is 87.7 Å². The number of amides is 3. The third-order valence-corrected chi connectivity index (χ3v) is 5.50. The minimum absolute atomic E-state index is 0.0269. The Labute approximate surface area is 174 Å². The van der Waals surface area contributed by atoms with Crippen molar-refractivity contribution >= 4 is 23.6 Å². The molecule has 2 aromatic carbocycles. The number of hydrogen-bond donors (Lipinski definition) is 2. The monoisotopic (exact) mass is 405 g/mol. The number of cyclic esters (lactones) is 1. The summed E-state index contributed by atoms with van der Waals surface area (Å²) in [4.78, 5) is 39.1. The Morgan fingerprint density at radius 1 is 1.10 bits per heavy atom. The number of ether oxygens (including phenoxy) is 1. The van der Waals surface area contributed by atoms with Gasteiger partial charge in [0.2, 0.25) is 5.91 Å². The second kappa shape index (κ2) is 7.67. The lowest BCUT2D eigenvalue weighted by Crippen LogP contribution is -2.49. The molecule has 0 saturated carbocycles. The van der Waals surface area contributed by atoms with Gasteiger partial charge in [0.1, 0.15) is 13.2 Å². The number of anilines is 1. The number of hydrogen-bond acceptors (Lipinski definition) is 4. The van der Waals surface area contributed by atoms with E-state index in [1.54, 1.807) is 0 Å². The van der Waals surface area contributed by atoms with E-state index in [2.05, 4.69) is 10.6 Å². The van der Waals surface area contributed by atoms with E-state index in [0.29, 0.717) is 17.0 Å². The van der Waals surface area contributed by atoms with E-state index in [4.69, 9.17) is 4.74 Å². The number of benzene rings is 2. The van der Waals surface area contributed by atoms with Gasteiger partial charge in [-0.3, -0.25) is 9.69 Å². The Morgan fingerprint density at radius 2 is 1.83 bits per heavy atom. The van der Waals surface area contributed by atoms with Gasteiger partial charge in [-0.2, -0.15) is 0 Å². The van der Waals surface area contributed by atoms with Gasteiger partial charge in [-0.05, 0) is 49.6 Å². The van der Waals surface area contributed by atoms with Gasteiger partial charge < -0.3 is 15.4 Å². The maximum atomic E-state index is 12.8. The third kappa shape index (κ3) is 3.66. The average molecular weight is 405 g/mol. The molecule has 0 aliphatic carbocycles. The van der Waals surface area contributed by atoms with Gasteiger partial charge in [0.25, 0.3) is 0 Å². The van der Waals surface area contributed by atoms with Crippen molar-refractivity contribution in [1.82, 2.24) is 10.2 Å². The van der Waals surface area contributed by atoms with Crippen LogP contribution in [0.15, 0.2) is 53.7 Å². The van der Waals surface area contributed by atoms with Gasteiger partial charge in [0.05, 0.1) is 17.3 Å². The van der Waals surface area contributed by atoms with Gasteiger partial charge in [-0.15, -0.1) is 0 Å². The summed E-state index contributed by atoms with van der Waals surface area (Å²) in [6, 6.07) is 12.2. The summed E-state index contributed by atoms with van der Waals surface area (Å²) in [5, 5.41) is 5.65. The Bertz CT molecular complexity index is 1070. The first-order valence-electron chi connectivity index (χ1n) is 9.75.